The van der Waals surface area contributed by atoms with Gasteiger partial charge in [-0.2, -0.15) is 0 Å². The molecule has 4 aromatic heterocycles. The van der Waals surface area contributed by atoms with Gasteiger partial charge in [0.15, 0.2) is 0 Å². The zero-order valence-electron chi connectivity index (χ0n) is 21.3. The lowest BCUT2D eigenvalue weighted by Gasteiger charge is -2.04. The van der Waals surface area contributed by atoms with Gasteiger partial charge in [0.25, 0.3) is 0 Å². The van der Waals surface area contributed by atoms with E-state index in [4.69, 9.17) is 9.40 Å². The van der Waals surface area contributed by atoms with Crippen LogP contribution >= 0.6 is 0 Å². The van der Waals surface area contributed by atoms with Crippen molar-refractivity contribution in [3.63, 3.8) is 0 Å². The molecule has 3 heteroatoms. The SMILES string of the molecule is c1ccc2cc(-c3ccc4c(c3)oc3cc5c6cccc7c8cc9ccccc9nc8n(c5cc34)c67)ccc2c1. The number of para-hydroxylation sites is 2. The Kier molecular flexibility index (Phi) is 3.68. The van der Waals surface area contributed by atoms with Gasteiger partial charge in [-0.3, -0.25) is 4.40 Å². The number of hydrogen-bond acceptors (Lipinski definition) is 2. The van der Waals surface area contributed by atoms with E-state index >= 15 is 0 Å². The summed E-state index contributed by atoms with van der Waals surface area (Å²) in [5, 5.41) is 10.8. The van der Waals surface area contributed by atoms with E-state index in [9.17, 15) is 0 Å². The summed E-state index contributed by atoms with van der Waals surface area (Å²) in [7, 11) is 0. The van der Waals surface area contributed by atoms with Crippen molar-refractivity contribution in [1.29, 1.82) is 0 Å². The van der Waals surface area contributed by atoms with Crippen LogP contribution in [0.5, 0.6) is 0 Å². The van der Waals surface area contributed by atoms with Crippen LogP contribution in [0.15, 0.2) is 126 Å². The van der Waals surface area contributed by atoms with Gasteiger partial charge < -0.3 is 4.42 Å². The molecule has 10 rings (SSSR count). The fourth-order valence-corrected chi connectivity index (χ4v) is 6.79. The largest absolute Gasteiger partial charge is 0.456 e. The van der Waals surface area contributed by atoms with Gasteiger partial charge in [0.1, 0.15) is 16.8 Å². The first-order chi connectivity index (χ1) is 19.8. The lowest BCUT2D eigenvalue weighted by atomic mass is 10.00. The number of rotatable bonds is 1. The maximum absolute atomic E-state index is 6.52. The van der Waals surface area contributed by atoms with E-state index in [2.05, 4.69) is 126 Å². The van der Waals surface area contributed by atoms with Gasteiger partial charge in [-0.25, -0.2) is 4.98 Å². The third kappa shape index (κ3) is 2.57. The molecule has 0 unspecified atom stereocenters. The van der Waals surface area contributed by atoms with Crippen molar-refractivity contribution in [3.8, 4) is 11.1 Å². The van der Waals surface area contributed by atoms with E-state index in [1.54, 1.807) is 0 Å². The molecule has 0 spiro atoms. The van der Waals surface area contributed by atoms with Crippen LogP contribution in [0.1, 0.15) is 0 Å². The summed E-state index contributed by atoms with van der Waals surface area (Å²) in [6.45, 7) is 0. The normalized spacial score (nSPS) is 12.5. The highest BCUT2D eigenvalue weighted by atomic mass is 16.3. The van der Waals surface area contributed by atoms with Gasteiger partial charge in [-0.05, 0) is 64.4 Å². The molecule has 0 aliphatic heterocycles. The van der Waals surface area contributed by atoms with Gasteiger partial charge in [0.05, 0.1) is 16.6 Å². The minimum Gasteiger partial charge on any atom is -0.456 e. The molecule has 0 saturated heterocycles. The maximum atomic E-state index is 6.52. The van der Waals surface area contributed by atoms with Crippen LogP contribution in [0.4, 0.5) is 0 Å². The fraction of sp³-hybridized carbons (Fsp3) is 0. The number of benzene rings is 6. The summed E-state index contributed by atoms with van der Waals surface area (Å²) in [5.41, 5.74) is 8.58. The maximum Gasteiger partial charge on any atom is 0.146 e. The lowest BCUT2D eigenvalue weighted by molar-refractivity contribution is 0.669. The first-order valence-electron chi connectivity index (χ1n) is 13.6. The second-order valence-corrected chi connectivity index (χ2v) is 10.8. The van der Waals surface area contributed by atoms with Crippen molar-refractivity contribution >= 4 is 81.8 Å². The molecule has 10 aromatic rings. The quantitative estimate of drug-likeness (QED) is 0.221. The van der Waals surface area contributed by atoms with Crippen LogP contribution < -0.4 is 0 Å². The Balaban J connectivity index is 1.26. The second kappa shape index (κ2) is 7.16. The van der Waals surface area contributed by atoms with Crippen molar-refractivity contribution in [1.82, 2.24) is 9.38 Å². The van der Waals surface area contributed by atoms with E-state index in [1.165, 1.54) is 48.8 Å². The summed E-state index contributed by atoms with van der Waals surface area (Å²) < 4.78 is 8.87. The molecule has 0 saturated carbocycles. The van der Waals surface area contributed by atoms with Gasteiger partial charge in [-0.1, -0.05) is 78.9 Å². The zero-order valence-corrected chi connectivity index (χ0v) is 21.3. The summed E-state index contributed by atoms with van der Waals surface area (Å²) in [6.07, 6.45) is 0. The van der Waals surface area contributed by atoms with Crippen LogP contribution in [-0.2, 0) is 0 Å². The fourth-order valence-electron chi connectivity index (χ4n) is 6.79. The van der Waals surface area contributed by atoms with Gasteiger partial charge in [0.2, 0.25) is 0 Å². The van der Waals surface area contributed by atoms with Crippen molar-refractivity contribution in [2.24, 2.45) is 0 Å². The molecular formula is C37H20N2O. The Hall–Kier alpha value is -5.41. The van der Waals surface area contributed by atoms with E-state index in [1.807, 2.05) is 0 Å². The number of aromatic nitrogens is 2. The van der Waals surface area contributed by atoms with E-state index in [0.29, 0.717) is 0 Å². The Bertz CT molecular complexity index is 2660. The van der Waals surface area contributed by atoms with Crippen molar-refractivity contribution in [2.75, 3.05) is 0 Å². The minimum atomic E-state index is 0.907. The third-order valence-corrected chi connectivity index (χ3v) is 8.67. The van der Waals surface area contributed by atoms with Crippen LogP contribution in [0.25, 0.3) is 93.0 Å². The lowest BCUT2D eigenvalue weighted by Crippen LogP contribution is -1.86. The molecule has 0 aliphatic rings. The number of furan rings is 1. The molecule has 0 aliphatic carbocycles. The molecular weight excluding hydrogens is 488 g/mol. The van der Waals surface area contributed by atoms with Crippen molar-refractivity contribution < 1.29 is 4.42 Å². The first-order valence-corrected chi connectivity index (χ1v) is 13.6. The molecule has 184 valence electrons. The molecule has 6 aromatic carbocycles. The molecule has 0 atom stereocenters. The standard InChI is InChI=1S/C37H20N2O/c1-2-7-22-16-23(13-12-21(22)6-1)24-14-15-26-30-19-33-29(20-35(30)40-34(26)18-24)27-9-5-10-28-31-17-25-8-3-4-11-32(25)38-37(31)39(33)36(27)28/h1-20H. The van der Waals surface area contributed by atoms with E-state index in [-0.39, 0.29) is 0 Å². The smallest absolute Gasteiger partial charge is 0.146 e. The van der Waals surface area contributed by atoms with Gasteiger partial charge >= 0.3 is 0 Å². The van der Waals surface area contributed by atoms with Crippen LogP contribution in [0, 0.1) is 0 Å². The first kappa shape index (κ1) is 20.5. The number of hydrogen-bond donors (Lipinski definition) is 0. The topological polar surface area (TPSA) is 30.4 Å². The predicted octanol–water partition coefficient (Wildman–Crippen LogP) is 10.1. The Morgan fingerprint density at radius 3 is 2.15 bits per heavy atom. The number of nitrogens with zero attached hydrogens (tertiary/aromatic N) is 2. The molecule has 0 N–H and O–H groups in total. The number of fused-ring (bicyclic) bond motifs is 11. The van der Waals surface area contributed by atoms with Gasteiger partial charge in [-0.15, -0.1) is 0 Å². The Morgan fingerprint density at radius 1 is 0.475 bits per heavy atom. The highest BCUT2D eigenvalue weighted by Gasteiger charge is 2.20. The predicted molar refractivity (Wildman–Crippen MR) is 167 cm³/mol. The Morgan fingerprint density at radius 2 is 1.23 bits per heavy atom. The monoisotopic (exact) mass is 508 g/mol. The molecule has 0 bridgehead atoms. The third-order valence-electron chi connectivity index (χ3n) is 8.67. The molecule has 0 radical (unpaired) electrons. The molecule has 4 heterocycles. The molecule has 0 amide bonds. The van der Waals surface area contributed by atoms with Gasteiger partial charge in [0, 0.05) is 37.7 Å². The van der Waals surface area contributed by atoms with Crippen LogP contribution in [-0.4, -0.2) is 9.38 Å². The molecule has 0 fully saturated rings. The van der Waals surface area contributed by atoms with Crippen LogP contribution in [0.3, 0.4) is 0 Å². The zero-order chi connectivity index (χ0) is 25.9. The summed E-state index contributed by atoms with van der Waals surface area (Å²) in [5.74, 6) is 0. The molecule has 3 nitrogen and oxygen atoms in total. The van der Waals surface area contributed by atoms with Crippen LogP contribution in [0.2, 0.25) is 0 Å². The van der Waals surface area contributed by atoms with E-state index in [0.717, 1.165) is 44.2 Å². The Labute approximate surface area is 227 Å². The van der Waals surface area contributed by atoms with E-state index < -0.39 is 0 Å². The highest BCUT2D eigenvalue weighted by Crippen LogP contribution is 2.42. The summed E-state index contributed by atoms with van der Waals surface area (Å²) >= 11 is 0. The summed E-state index contributed by atoms with van der Waals surface area (Å²) in [4.78, 5) is 5.15. The summed E-state index contributed by atoms with van der Waals surface area (Å²) in [6, 6.07) is 43.5. The second-order valence-electron chi connectivity index (χ2n) is 10.8. The number of pyridine rings is 1. The average molecular weight is 509 g/mol. The van der Waals surface area contributed by atoms with Crippen molar-refractivity contribution in [2.45, 2.75) is 0 Å². The molecule has 40 heavy (non-hydrogen) atoms. The highest BCUT2D eigenvalue weighted by molar-refractivity contribution is 6.25. The average Bonchev–Trinajstić information content (AvgIpc) is 3.64. The minimum absolute atomic E-state index is 0.907. The van der Waals surface area contributed by atoms with Crippen molar-refractivity contribution in [3.05, 3.63) is 121 Å².